The van der Waals surface area contributed by atoms with Crippen LogP contribution in [0.3, 0.4) is 0 Å². The van der Waals surface area contributed by atoms with E-state index in [1.165, 1.54) is 19.3 Å². The quantitative estimate of drug-likeness (QED) is 0.818. The second-order valence-corrected chi connectivity index (χ2v) is 4.55. The van der Waals surface area contributed by atoms with E-state index in [2.05, 4.69) is 11.4 Å². The molecular weight excluding hydrogens is 196 g/mol. The molecule has 0 aliphatic heterocycles. The lowest BCUT2D eigenvalue weighted by Crippen LogP contribution is -2.30. The summed E-state index contributed by atoms with van der Waals surface area (Å²) in [7, 11) is 0. The second-order valence-electron chi connectivity index (χ2n) is 4.55. The van der Waals surface area contributed by atoms with E-state index in [0.29, 0.717) is 0 Å². The molecule has 1 saturated carbocycles. The minimum absolute atomic E-state index is 0.0127. The predicted octanol–water partition coefficient (Wildman–Crippen LogP) is 2.68. The molecule has 1 aliphatic carbocycles. The zero-order valence-electron chi connectivity index (χ0n) is 9.52. The normalized spacial score (nSPS) is 17.4. The lowest BCUT2D eigenvalue weighted by atomic mass is 9.85. The van der Waals surface area contributed by atoms with E-state index < -0.39 is 0 Å². The molecule has 84 valence electrons. The van der Waals surface area contributed by atoms with Gasteiger partial charge in [0, 0.05) is 6.54 Å². The summed E-state index contributed by atoms with van der Waals surface area (Å²) in [6.45, 7) is 1.85. The molecule has 1 fully saturated rings. The molecule has 0 amide bonds. The minimum Gasteiger partial charge on any atom is -0.315 e. The average Bonchev–Trinajstić information content (AvgIpc) is 2.28. The molecule has 0 heterocycles. The number of nitrogens with one attached hydrogen (secondary N) is 1. The first-order valence-electron chi connectivity index (χ1n) is 6.05. The van der Waals surface area contributed by atoms with Gasteiger partial charge in [-0.3, -0.25) is 0 Å². The van der Waals surface area contributed by atoms with Gasteiger partial charge < -0.3 is 5.32 Å². The summed E-state index contributed by atoms with van der Waals surface area (Å²) in [5.41, 5.74) is 1.12. The van der Waals surface area contributed by atoms with Crippen molar-refractivity contribution >= 4 is 0 Å². The Hall–Kier alpha value is -1.33. The summed E-state index contributed by atoms with van der Waals surface area (Å²) in [5, 5.41) is 12.5. The van der Waals surface area contributed by atoms with Gasteiger partial charge in [0.1, 0.15) is 0 Å². The molecule has 0 bridgehead atoms. The zero-order valence-corrected chi connectivity index (χ0v) is 9.52. The molecule has 1 atom stereocenters. The van der Waals surface area contributed by atoms with Crippen molar-refractivity contribution in [2.45, 2.75) is 25.2 Å². The third-order valence-corrected chi connectivity index (χ3v) is 3.36. The van der Waals surface area contributed by atoms with Crippen LogP contribution in [0.4, 0.5) is 0 Å². The summed E-state index contributed by atoms with van der Waals surface area (Å²) in [6.07, 6.45) is 4.10. The molecule has 2 rings (SSSR count). The Morgan fingerprint density at radius 2 is 2.06 bits per heavy atom. The van der Waals surface area contributed by atoms with Crippen molar-refractivity contribution in [3.05, 3.63) is 35.9 Å². The Bertz CT molecular complexity index is 349. The van der Waals surface area contributed by atoms with Crippen molar-refractivity contribution in [1.29, 1.82) is 5.26 Å². The van der Waals surface area contributed by atoms with Crippen LogP contribution in [-0.2, 0) is 0 Å². The molecule has 0 saturated heterocycles. The van der Waals surface area contributed by atoms with Crippen molar-refractivity contribution in [3.63, 3.8) is 0 Å². The molecular formula is C14H18N2. The molecule has 1 N–H and O–H groups in total. The van der Waals surface area contributed by atoms with Crippen LogP contribution in [0.15, 0.2) is 30.3 Å². The smallest absolute Gasteiger partial charge is 0.0837 e. The van der Waals surface area contributed by atoms with Gasteiger partial charge in [-0.15, -0.1) is 0 Å². The van der Waals surface area contributed by atoms with E-state index in [9.17, 15) is 0 Å². The van der Waals surface area contributed by atoms with E-state index in [1.807, 2.05) is 30.3 Å². The molecule has 0 aromatic heterocycles. The number of hydrogen-bond donors (Lipinski definition) is 1. The number of hydrogen-bond acceptors (Lipinski definition) is 2. The maximum atomic E-state index is 9.13. The summed E-state index contributed by atoms with van der Waals surface area (Å²) in [4.78, 5) is 0. The van der Waals surface area contributed by atoms with Crippen LogP contribution in [0.5, 0.6) is 0 Å². The van der Waals surface area contributed by atoms with Crippen molar-refractivity contribution in [2.24, 2.45) is 5.92 Å². The van der Waals surface area contributed by atoms with Crippen molar-refractivity contribution in [3.8, 4) is 6.07 Å². The Morgan fingerprint density at radius 1 is 1.31 bits per heavy atom. The highest BCUT2D eigenvalue weighted by Crippen LogP contribution is 2.25. The Morgan fingerprint density at radius 3 is 2.62 bits per heavy atom. The molecule has 2 nitrogen and oxygen atoms in total. The summed E-state index contributed by atoms with van der Waals surface area (Å²) in [6, 6.07) is 12.4. The lowest BCUT2D eigenvalue weighted by molar-refractivity contribution is 0.301. The second kappa shape index (κ2) is 5.67. The van der Waals surface area contributed by atoms with Crippen LogP contribution in [0.25, 0.3) is 0 Å². The largest absolute Gasteiger partial charge is 0.315 e. The van der Waals surface area contributed by atoms with E-state index in [1.54, 1.807) is 0 Å². The SMILES string of the molecule is N#CC(CNCC1CCC1)c1ccccc1. The van der Waals surface area contributed by atoms with Crippen LogP contribution in [-0.4, -0.2) is 13.1 Å². The van der Waals surface area contributed by atoms with Gasteiger partial charge in [-0.2, -0.15) is 5.26 Å². The van der Waals surface area contributed by atoms with Gasteiger partial charge in [0.15, 0.2) is 0 Å². The van der Waals surface area contributed by atoms with Gasteiger partial charge in [0.05, 0.1) is 12.0 Å². The Balaban J connectivity index is 1.79. The van der Waals surface area contributed by atoms with E-state index in [0.717, 1.165) is 24.6 Å². The first-order chi connectivity index (χ1) is 7.90. The summed E-state index contributed by atoms with van der Waals surface area (Å²) in [5.74, 6) is 0.844. The van der Waals surface area contributed by atoms with E-state index in [-0.39, 0.29) is 5.92 Å². The maximum Gasteiger partial charge on any atom is 0.0837 e. The molecule has 1 aromatic carbocycles. The van der Waals surface area contributed by atoms with Crippen LogP contribution >= 0.6 is 0 Å². The van der Waals surface area contributed by atoms with Gasteiger partial charge in [-0.25, -0.2) is 0 Å². The molecule has 0 spiro atoms. The first kappa shape index (κ1) is 11.2. The van der Waals surface area contributed by atoms with Gasteiger partial charge >= 0.3 is 0 Å². The Kier molecular flexibility index (Phi) is 3.96. The fourth-order valence-electron chi connectivity index (χ4n) is 2.05. The van der Waals surface area contributed by atoms with Crippen molar-refractivity contribution in [1.82, 2.24) is 5.32 Å². The monoisotopic (exact) mass is 214 g/mol. The predicted molar refractivity (Wildman–Crippen MR) is 65.0 cm³/mol. The van der Waals surface area contributed by atoms with Crippen LogP contribution in [0.1, 0.15) is 30.7 Å². The molecule has 16 heavy (non-hydrogen) atoms. The van der Waals surface area contributed by atoms with Gasteiger partial charge in [-0.1, -0.05) is 36.8 Å². The first-order valence-corrected chi connectivity index (χ1v) is 6.05. The van der Waals surface area contributed by atoms with Crippen LogP contribution in [0.2, 0.25) is 0 Å². The summed E-state index contributed by atoms with van der Waals surface area (Å²) >= 11 is 0. The molecule has 1 unspecified atom stereocenters. The van der Waals surface area contributed by atoms with Crippen LogP contribution < -0.4 is 5.32 Å². The van der Waals surface area contributed by atoms with Gasteiger partial charge in [0.2, 0.25) is 0 Å². The summed E-state index contributed by atoms with van der Waals surface area (Å²) < 4.78 is 0. The van der Waals surface area contributed by atoms with Crippen molar-refractivity contribution < 1.29 is 0 Å². The zero-order chi connectivity index (χ0) is 11.2. The topological polar surface area (TPSA) is 35.8 Å². The number of nitriles is 1. The molecule has 0 radical (unpaired) electrons. The van der Waals surface area contributed by atoms with E-state index in [4.69, 9.17) is 5.26 Å². The van der Waals surface area contributed by atoms with Crippen molar-refractivity contribution in [2.75, 3.05) is 13.1 Å². The van der Waals surface area contributed by atoms with E-state index >= 15 is 0 Å². The van der Waals surface area contributed by atoms with Gasteiger partial charge in [0.25, 0.3) is 0 Å². The highest BCUT2D eigenvalue weighted by Gasteiger charge is 2.17. The maximum absolute atomic E-state index is 9.13. The lowest BCUT2D eigenvalue weighted by Gasteiger charge is -2.26. The third kappa shape index (κ3) is 2.84. The highest BCUT2D eigenvalue weighted by molar-refractivity contribution is 5.24. The fourth-order valence-corrected chi connectivity index (χ4v) is 2.05. The fraction of sp³-hybridized carbons (Fsp3) is 0.500. The average molecular weight is 214 g/mol. The van der Waals surface area contributed by atoms with Crippen LogP contribution in [0, 0.1) is 17.2 Å². The minimum atomic E-state index is -0.0127. The number of nitrogens with zero attached hydrogens (tertiary/aromatic N) is 1. The standard InChI is InChI=1S/C14H18N2/c15-9-14(13-7-2-1-3-8-13)11-16-10-12-5-4-6-12/h1-3,7-8,12,14,16H,4-6,10-11H2. The molecule has 2 heteroatoms. The highest BCUT2D eigenvalue weighted by atomic mass is 14.9. The van der Waals surface area contributed by atoms with Gasteiger partial charge in [-0.05, 0) is 30.9 Å². The third-order valence-electron chi connectivity index (χ3n) is 3.36. The molecule has 1 aromatic rings. The number of rotatable bonds is 5. The number of benzene rings is 1. The Labute approximate surface area is 97.3 Å². The molecule has 1 aliphatic rings.